The summed E-state index contributed by atoms with van der Waals surface area (Å²) in [6.07, 6.45) is 0.929. The van der Waals surface area contributed by atoms with Gasteiger partial charge in [-0.05, 0) is 23.6 Å². The first kappa shape index (κ1) is 14.3. The maximum atomic E-state index is 12.1. The molecule has 0 saturated heterocycles. The third-order valence-corrected chi connectivity index (χ3v) is 5.72. The first-order valence-electron chi connectivity index (χ1n) is 6.13. The van der Waals surface area contributed by atoms with Crippen LogP contribution in [0, 0.1) is 0 Å². The first-order valence-corrected chi connectivity index (χ1v) is 9.85. The Morgan fingerprint density at radius 1 is 1.30 bits per heavy atom. The minimum Gasteiger partial charge on any atom is -0.609 e. The monoisotopic (exact) mass is 417 g/mol. The lowest BCUT2D eigenvalue weighted by Gasteiger charge is -2.04. The fourth-order valence-electron chi connectivity index (χ4n) is 1.82. The first-order chi connectivity index (χ1) is 9.78. The Morgan fingerprint density at radius 3 is 2.95 bits per heavy atom. The molecule has 104 valence electrons. The van der Waals surface area contributed by atoms with Crippen molar-refractivity contribution in [2.24, 2.45) is 0 Å². The van der Waals surface area contributed by atoms with Crippen LogP contribution in [-0.2, 0) is 11.2 Å². The molecule has 20 heavy (non-hydrogen) atoms. The Labute approximate surface area is 137 Å². The van der Waals surface area contributed by atoms with Gasteiger partial charge in [-0.2, -0.15) is 4.98 Å². The summed E-state index contributed by atoms with van der Waals surface area (Å²) in [6.45, 7) is 0. The number of nitrogens with zero attached hydrogens (tertiary/aromatic N) is 2. The molecule has 0 amide bonds. The number of aromatic nitrogens is 3. The summed E-state index contributed by atoms with van der Waals surface area (Å²) >= 11 is 2.87. The molecule has 4 nitrogen and oxygen atoms in total. The molecule has 1 atom stereocenters. The van der Waals surface area contributed by atoms with Crippen LogP contribution in [-0.4, -0.2) is 29.7 Å². The molecule has 0 aromatic carbocycles. The molecule has 0 radical (unpaired) electrons. The molecular weight excluding hydrogens is 405 g/mol. The van der Waals surface area contributed by atoms with Crippen molar-refractivity contribution in [3.63, 3.8) is 0 Å². The van der Waals surface area contributed by atoms with Crippen LogP contribution >= 0.6 is 33.9 Å². The molecule has 3 rings (SSSR count). The second kappa shape index (κ2) is 6.42. The van der Waals surface area contributed by atoms with E-state index in [1.54, 1.807) is 11.3 Å². The lowest BCUT2D eigenvalue weighted by Crippen LogP contribution is -2.09. The number of thiophene rings is 1. The van der Waals surface area contributed by atoms with Gasteiger partial charge < -0.3 is 4.55 Å². The van der Waals surface area contributed by atoms with Crippen molar-refractivity contribution in [2.75, 3.05) is 10.2 Å². The molecule has 0 aliphatic rings. The zero-order valence-corrected chi connectivity index (χ0v) is 14.3. The predicted molar refractivity (Wildman–Crippen MR) is 92.0 cm³/mol. The topological polar surface area (TPSA) is 64.6 Å². The molecule has 1 N–H and O–H groups in total. The molecule has 1 unspecified atom stereocenters. The number of hydrogen-bond donors (Lipinski definition) is 1. The van der Waals surface area contributed by atoms with Gasteiger partial charge in [0, 0.05) is 22.0 Å². The van der Waals surface area contributed by atoms with Crippen LogP contribution < -0.4 is 0 Å². The Morgan fingerprint density at radius 2 is 2.20 bits per heavy atom. The van der Waals surface area contributed by atoms with E-state index in [1.807, 2.05) is 29.6 Å². The van der Waals surface area contributed by atoms with Crippen LogP contribution in [0.2, 0.25) is 0 Å². The predicted octanol–water partition coefficient (Wildman–Crippen LogP) is 3.62. The van der Waals surface area contributed by atoms with Crippen LogP contribution in [0.1, 0.15) is 6.42 Å². The van der Waals surface area contributed by atoms with E-state index in [0.717, 1.165) is 26.9 Å². The summed E-state index contributed by atoms with van der Waals surface area (Å²) in [7, 11) is 0. The van der Waals surface area contributed by atoms with E-state index in [4.69, 9.17) is 0 Å². The van der Waals surface area contributed by atoms with Gasteiger partial charge in [0.25, 0.3) is 0 Å². The fourth-order valence-corrected chi connectivity index (χ4v) is 4.43. The van der Waals surface area contributed by atoms with Crippen molar-refractivity contribution in [2.45, 2.75) is 11.6 Å². The Balaban J connectivity index is 1.91. The highest BCUT2D eigenvalue weighted by Gasteiger charge is 2.17. The molecule has 0 fully saturated rings. The third-order valence-electron chi connectivity index (χ3n) is 2.78. The second-order valence-electron chi connectivity index (χ2n) is 4.18. The van der Waals surface area contributed by atoms with Gasteiger partial charge in [0.05, 0.1) is 16.1 Å². The summed E-state index contributed by atoms with van der Waals surface area (Å²) in [5.41, 5.74) is 2.38. The standard InChI is InChI=1S/C13H12IN3OS2/c14-6-2-8-20(18)13-16-10-5-4-9(15-12(10)17-13)11-3-1-7-19-11/h1,3-5,7H,2,6,8H2,(H,15,16,17). The molecule has 3 aromatic heterocycles. The van der Waals surface area contributed by atoms with E-state index in [-0.39, 0.29) is 0 Å². The zero-order valence-electron chi connectivity index (χ0n) is 10.5. The van der Waals surface area contributed by atoms with Crippen LogP contribution in [0.4, 0.5) is 0 Å². The average molecular weight is 417 g/mol. The van der Waals surface area contributed by atoms with Crippen LogP contribution in [0.3, 0.4) is 0 Å². The number of pyridine rings is 1. The van der Waals surface area contributed by atoms with Gasteiger partial charge in [0.15, 0.2) is 5.65 Å². The summed E-state index contributed by atoms with van der Waals surface area (Å²) in [5, 5.41) is 2.55. The number of hydrogen-bond acceptors (Lipinski definition) is 4. The van der Waals surface area contributed by atoms with Gasteiger partial charge in [-0.25, -0.2) is 4.98 Å². The van der Waals surface area contributed by atoms with Gasteiger partial charge in [0.1, 0.15) is 5.75 Å². The number of rotatable bonds is 5. The number of fused-ring (bicyclic) bond motifs is 1. The number of alkyl halides is 1. The average Bonchev–Trinajstić information content (AvgIpc) is 3.12. The molecule has 7 heteroatoms. The van der Waals surface area contributed by atoms with Crippen molar-refractivity contribution in [1.82, 2.24) is 15.0 Å². The minimum atomic E-state index is -1.07. The number of H-pyrrole nitrogens is 1. The molecule has 0 spiro atoms. The Kier molecular flexibility index (Phi) is 4.59. The lowest BCUT2D eigenvalue weighted by molar-refractivity contribution is 0.587. The quantitative estimate of drug-likeness (QED) is 0.392. The van der Waals surface area contributed by atoms with E-state index < -0.39 is 11.2 Å². The summed E-state index contributed by atoms with van der Waals surface area (Å²) in [4.78, 5) is 13.1. The number of halogens is 1. The number of imidazole rings is 1. The number of nitrogens with one attached hydrogen (secondary N) is 1. The molecule has 0 aliphatic carbocycles. The Bertz CT molecular complexity index is 699. The maximum Gasteiger partial charge on any atom is 0.323 e. The molecule has 3 heterocycles. The van der Waals surface area contributed by atoms with E-state index in [9.17, 15) is 4.55 Å². The van der Waals surface area contributed by atoms with Crippen molar-refractivity contribution in [1.29, 1.82) is 0 Å². The van der Waals surface area contributed by atoms with Crippen molar-refractivity contribution in [3.05, 3.63) is 29.6 Å². The smallest absolute Gasteiger partial charge is 0.323 e. The Hall–Kier alpha value is -0.640. The van der Waals surface area contributed by atoms with Gasteiger partial charge in [-0.15, -0.1) is 11.3 Å². The van der Waals surface area contributed by atoms with Crippen molar-refractivity contribution in [3.8, 4) is 10.6 Å². The van der Waals surface area contributed by atoms with Crippen LogP contribution in [0.25, 0.3) is 21.7 Å². The van der Waals surface area contributed by atoms with E-state index in [2.05, 4.69) is 37.5 Å². The molecule has 0 saturated carbocycles. The van der Waals surface area contributed by atoms with E-state index in [0.29, 0.717) is 16.6 Å². The number of aromatic amines is 1. The SMILES string of the molecule is [O-][S+](CCCI)c1nc2nc(-c3cccs3)ccc2[nH]1. The van der Waals surface area contributed by atoms with Crippen molar-refractivity contribution < 1.29 is 4.55 Å². The highest BCUT2D eigenvalue weighted by Crippen LogP contribution is 2.25. The summed E-state index contributed by atoms with van der Waals surface area (Å²) < 4.78 is 13.1. The zero-order chi connectivity index (χ0) is 13.9. The van der Waals surface area contributed by atoms with E-state index in [1.165, 1.54) is 0 Å². The molecular formula is C13H12IN3OS2. The van der Waals surface area contributed by atoms with Crippen LogP contribution in [0.5, 0.6) is 0 Å². The maximum absolute atomic E-state index is 12.1. The lowest BCUT2D eigenvalue weighted by atomic mass is 10.3. The van der Waals surface area contributed by atoms with E-state index >= 15 is 0 Å². The highest BCUT2D eigenvalue weighted by molar-refractivity contribution is 14.1. The van der Waals surface area contributed by atoms with Crippen LogP contribution in [0.15, 0.2) is 34.8 Å². The van der Waals surface area contributed by atoms with Gasteiger partial charge >= 0.3 is 5.16 Å². The minimum absolute atomic E-state index is 0.528. The normalized spacial score (nSPS) is 12.9. The summed E-state index contributed by atoms with van der Waals surface area (Å²) in [5.74, 6) is 0.639. The highest BCUT2D eigenvalue weighted by atomic mass is 127. The molecule has 0 aliphatic heterocycles. The summed E-state index contributed by atoms with van der Waals surface area (Å²) in [6, 6.07) is 7.94. The van der Waals surface area contributed by atoms with Gasteiger partial charge in [0.2, 0.25) is 0 Å². The second-order valence-corrected chi connectivity index (χ2v) is 7.69. The molecule has 3 aromatic rings. The fraction of sp³-hybridized carbons (Fsp3) is 0.231. The van der Waals surface area contributed by atoms with Crippen molar-refractivity contribution >= 4 is 56.3 Å². The van der Waals surface area contributed by atoms with Gasteiger partial charge in [-0.3, -0.25) is 4.98 Å². The third kappa shape index (κ3) is 3.00. The molecule has 0 bridgehead atoms. The largest absolute Gasteiger partial charge is 0.609 e. The van der Waals surface area contributed by atoms with Gasteiger partial charge in [-0.1, -0.05) is 28.7 Å².